The number of aromatic nitrogens is 2. The average molecular weight is 305 g/mol. The van der Waals surface area contributed by atoms with Gasteiger partial charge in [0.1, 0.15) is 6.10 Å². The van der Waals surface area contributed by atoms with Gasteiger partial charge in [-0.2, -0.15) is 16.7 Å². The number of anilines is 1. The summed E-state index contributed by atoms with van der Waals surface area (Å²) in [6.07, 6.45) is -0.0662. The van der Waals surface area contributed by atoms with E-state index in [-0.39, 0.29) is 11.5 Å². The molecule has 21 heavy (non-hydrogen) atoms. The Labute approximate surface area is 128 Å². The second-order valence-electron chi connectivity index (χ2n) is 5.64. The number of hydrogen-bond acceptors (Lipinski definition) is 6. The molecule has 6 heteroatoms. The normalized spacial score (nSPS) is 19.6. The molecule has 1 saturated heterocycles. The molecule has 5 nitrogen and oxygen atoms in total. The Morgan fingerprint density at radius 2 is 2.05 bits per heavy atom. The van der Waals surface area contributed by atoms with Crippen LogP contribution in [0.5, 0.6) is 0 Å². The number of thioether (sulfide) groups is 1. The third-order valence-electron chi connectivity index (χ3n) is 3.71. The van der Waals surface area contributed by atoms with Crippen LogP contribution >= 0.6 is 11.8 Å². The lowest BCUT2D eigenvalue weighted by molar-refractivity contribution is 0.0677. The van der Waals surface area contributed by atoms with Crippen molar-refractivity contribution in [1.82, 2.24) is 10.1 Å². The van der Waals surface area contributed by atoms with Crippen molar-refractivity contribution in [3.8, 4) is 0 Å². The Kier molecular flexibility index (Phi) is 3.91. The highest BCUT2D eigenvalue weighted by atomic mass is 32.2. The van der Waals surface area contributed by atoms with Gasteiger partial charge >= 0.3 is 0 Å². The van der Waals surface area contributed by atoms with Gasteiger partial charge in [-0.15, -0.1) is 0 Å². The van der Waals surface area contributed by atoms with Crippen LogP contribution < -0.4 is 5.73 Å². The van der Waals surface area contributed by atoms with Crippen LogP contribution in [0.15, 0.2) is 28.8 Å². The van der Waals surface area contributed by atoms with Crippen molar-refractivity contribution in [3.05, 3.63) is 41.5 Å². The molecule has 0 aliphatic carbocycles. The highest BCUT2D eigenvalue weighted by Crippen LogP contribution is 2.32. The molecule has 2 N–H and O–H groups in total. The Bertz CT molecular complexity index is 604. The molecule has 2 heterocycles. The van der Waals surface area contributed by atoms with Crippen molar-refractivity contribution >= 4 is 17.4 Å². The summed E-state index contributed by atoms with van der Waals surface area (Å²) in [4.78, 5) is 4.56. The Hall–Kier alpha value is -1.53. The van der Waals surface area contributed by atoms with E-state index in [2.05, 4.69) is 24.0 Å². The molecule has 1 aromatic heterocycles. The maximum atomic E-state index is 5.74. The first kappa shape index (κ1) is 14.4. The summed E-state index contributed by atoms with van der Waals surface area (Å²) in [6, 6.07) is 7.75. The molecule has 0 spiro atoms. The molecular formula is C15H19N3O2S. The van der Waals surface area contributed by atoms with E-state index in [1.165, 1.54) is 0 Å². The summed E-state index contributed by atoms with van der Waals surface area (Å²) in [5.41, 5.74) is 7.21. The van der Waals surface area contributed by atoms with Crippen LogP contribution in [0.2, 0.25) is 0 Å². The Morgan fingerprint density at radius 3 is 2.71 bits per heavy atom. The fourth-order valence-electron chi connectivity index (χ4n) is 2.28. The van der Waals surface area contributed by atoms with E-state index in [1.807, 2.05) is 36.0 Å². The lowest BCUT2D eigenvalue weighted by Crippen LogP contribution is -2.20. The van der Waals surface area contributed by atoms with Crippen molar-refractivity contribution in [2.45, 2.75) is 25.4 Å². The third kappa shape index (κ3) is 2.91. The van der Waals surface area contributed by atoms with Gasteiger partial charge in [0.25, 0.3) is 0 Å². The number of benzene rings is 1. The Balaban J connectivity index is 1.85. The van der Waals surface area contributed by atoms with E-state index < -0.39 is 0 Å². The SMILES string of the molecule is CC(C)(c1ccc(N)cc1)c1nc(C2CSCCO2)no1. The van der Waals surface area contributed by atoms with E-state index in [0.29, 0.717) is 11.7 Å². The van der Waals surface area contributed by atoms with Gasteiger partial charge < -0.3 is 15.0 Å². The molecule has 1 fully saturated rings. The predicted octanol–water partition coefficient (Wildman–Crippen LogP) is 2.78. The smallest absolute Gasteiger partial charge is 0.236 e. The molecule has 1 unspecified atom stereocenters. The van der Waals surface area contributed by atoms with Crippen molar-refractivity contribution in [3.63, 3.8) is 0 Å². The zero-order valence-corrected chi connectivity index (χ0v) is 13.0. The molecular weight excluding hydrogens is 286 g/mol. The zero-order valence-electron chi connectivity index (χ0n) is 12.2. The fourth-order valence-corrected chi connectivity index (χ4v) is 3.12. The van der Waals surface area contributed by atoms with Gasteiger partial charge in [-0.05, 0) is 31.5 Å². The average Bonchev–Trinajstić information content (AvgIpc) is 2.99. The highest BCUT2D eigenvalue weighted by molar-refractivity contribution is 7.99. The number of nitrogens with two attached hydrogens (primary N) is 1. The summed E-state index contributed by atoms with van der Waals surface area (Å²) in [6.45, 7) is 4.86. The monoisotopic (exact) mass is 305 g/mol. The van der Waals surface area contributed by atoms with Crippen molar-refractivity contribution in [2.75, 3.05) is 23.8 Å². The van der Waals surface area contributed by atoms with E-state index in [4.69, 9.17) is 15.0 Å². The van der Waals surface area contributed by atoms with Gasteiger partial charge in [-0.25, -0.2) is 0 Å². The first-order valence-electron chi connectivity index (χ1n) is 6.97. The van der Waals surface area contributed by atoms with Crippen LogP contribution in [0, 0.1) is 0 Å². The number of hydrogen-bond donors (Lipinski definition) is 1. The molecule has 0 radical (unpaired) electrons. The van der Waals surface area contributed by atoms with Crippen LogP contribution in [0.4, 0.5) is 5.69 Å². The summed E-state index contributed by atoms with van der Waals surface area (Å²) < 4.78 is 11.2. The first-order chi connectivity index (χ1) is 10.1. The number of ether oxygens (including phenoxy) is 1. The van der Waals surface area contributed by atoms with Gasteiger partial charge in [0.2, 0.25) is 11.7 Å². The molecule has 3 rings (SSSR count). The second kappa shape index (κ2) is 5.69. The lowest BCUT2D eigenvalue weighted by Gasteiger charge is -2.21. The molecule has 1 aliphatic heterocycles. The third-order valence-corrected chi connectivity index (χ3v) is 4.71. The summed E-state index contributed by atoms with van der Waals surface area (Å²) >= 11 is 1.85. The second-order valence-corrected chi connectivity index (χ2v) is 6.79. The number of nitrogen functional groups attached to an aromatic ring is 1. The zero-order chi connectivity index (χ0) is 14.9. The molecule has 1 aromatic carbocycles. The largest absolute Gasteiger partial charge is 0.399 e. The fraction of sp³-hybridized carbons (Fsp3) is 0.467. The molecule has 0 bridgehead atoms. The van der Waals surface area contributed by atoms with Gasteiger partial charge in [0.05, 0.1) is 12.0 Å². The molecule has 0 saturated carbocycles. The number of rotatable bonds is 3. The first-order valence-corrected chi connectivity index (χ1v) is 8.12. The minimum absolute atomic E-state index is 0.0662. The molecule has 2 aromatic rings. The van der Waals surface area contributed by atoms with Crippen LogP contribution in [-0.2, 0) is 10.2 Å². The van der Waals surface area contributed by atoms with Gasteiger partial charge in [-0.3, -0.25) is 0 Å². The van der Waals surface area contributed by atoms with E-state index in [0.717, 1.165) is 29.4 Å². The van der Waals surface area contributed by atoms with E-state index in [9.17, 15) is 0 Å². The van der Waals surface area contributed by atoms with Gasteiger partial charge in [0, 0.05) is 17.2 Å². The van der Waals surface area contributed by atoms with Crippen molar-refractivity contribution in [1.29, 1.82) is 0 Å². The molecule has 1 atom stereocenters. The quantitative estimate of drug-likeness (QED) is 0.879. The standard InChI is InChI=1S/C15H19N3O2S/c1-15(2,10-3-5-11(16)6-4-10)14-17-13(18-20-14)12-9-21-8-7-19-12/h3-6,12H,7-9,16H2,1-2H3. The topological polar surface area (TPSA) is 74.2 Å². The number of nitrogens with zero attached hydrogens (tertiary/aromatic N) is 2. The predicted molar refractivity (Wildman–Crippen MR) is 83.3 cm³/mol. The van der Waals surface area contributed by atoms with Crippen LogP contribution in [0.25, 0.3) is 0 Å². The summed E-state index contributed by atoms with van der Waals surface area (Å²) in [5, 5.41) is 4.10. The van der Waals surface area contributed by atoms with Crippen LogP contribution in [0.3, 0.4) is 0 Å². The van der Waals surface area contributed by atoms with Crippen molar-refractivity contribution < 1.29 is 9.26 Å². The Morgan fingerprint density at radius 1 is 1.29 bits per heavy atom. The molecule has 112 valence electrons. The van der Waals surface area contributed by atoms with E-state index in [1.54, 1.807) is 0 Å². The molecule has 0 amide bonds. The van der Waals surface area contributed by atoms with Crippen LogP contribution in [0.1, 0.15) is 37.2 Å². The van der Waals surface area contributed by atoms with Crippen LogP contribution in [-0.4, -0.2) is 28.3 Å². The van der Waals surface area contributed by atoms with E-state index >= 15 is 0 Å². The summed E-state index contributed by atoms with van der Waals surface area (Å²) in [5.74, 6) is 3.14. The maximum Gasteiger partial charge on any atom is 0.236 e. The highest BCUT2D eigenvalue weighted by Gasteiger charge is 2.31. The van der Waals surface area contributed by atoms with Gasteiger partial charge in [-0.1, -0.05) is 17.3 Å². The molecule has 1 aliphatic rings. The minimum Gasteiger partial charge on any atom is -0.399 e. The maximum absolute atomic E-state index is 5.74. The van der Waals surface area contributed by atoms with Gasteiger partial charge in [0.15, 0.2) is 0 Å². The lowest BCUT2D eigenvalue weighted by atomic mass is 9.84. The summed E-state index contributed by atoms with van der Waals surface area (Å²) in [7, 11) is 0. The van der Waals surface area contributed by atoms with Crippen molar-refractivity contribution in [2.24, 2.45) is 0 Å². The minimum atomic E-state index is -0.360.